The molecule has 2 unspecified atom stereocenters. The lowest BCUT2D eigenvalue weighted by molar-refractivity contribution is -0.135. The number of ketones is 1. The van der Waals surface area contributed by atoms with Gasteiger partial charge in [0.2, 0.25) is 11.8 Å². The summed E-state index contributed by atoms with van der Waals surface area (Å²) in [6.07, 6.45) is 0.334. The van der Waals surface area contributed by atoms with E-state index in [-0.39, 0.29) is 24.7 Å². The third kappa shape index (κ3) is 8.31. The predicted octanol–water partition coefficient (Wildman–Crippen LogP) is -0.128. The molecule has 1 rings (SSSR count). The number of nitrogens with two attached hydrogens (primary N) is 2. The quantitative estimate of drug-likeness (QED) is 0.308. The molecular weight excluding hydrogens is 372 g/mol. The van der Waals surface area contributed by atoms with E-state index in [0.29, 0.717) is 25.8 Å². The zero-order chi connectivity index (χ0) is 21.8. The molecule has 2 amide bonds. The number of rotatable bonds is 13. The minimum absolute atomic E-state index is 0.149. The molecule has 0 heterocycles. The fraction of sp³-hybridized carbons (Fsp3) is 0.571. The molecule has 0 spiro atoms. The molecule has 8 heteroatoms. The van der Waals surface area contributed by atoms with E-state index in [1.165, 1.54) is 6.92 Å². The van der Waals surface area contributed by atoms with Crippen molar-refractivity contribution in [3.63, 3.8) is 0 Å². The Morgan fingerprint density at radius 2 is 1.62 bits per heavy atom. The average Bonchev–Trinajstić information content (AvgIpc) is 2.70. The molecule has 29 heavy (non-hydrogen) atoms. The number of hydrogen-bond acceptors (Lipinski definition) is 6. The normalized spacial score (nSPS) is 15.1. The van der Waals surface area contributed by atoms with Gasteiger partial charge in [-0.15, -0.1) is 0 Å². The van der Waals surface area contributed by atoms with Gasteiger partial charge < -0.3 is 27.2 Å². The van der Waals surface area contributed by atoms with Crippen LogP contribution in [0.25, 0.3) is 0 Å². The third-order valence-electron chi connectivity index (χ3n) is 4.78. The molecule has 0 aliphatic rings. The average molecular weight is 407 g/mol. The number of aliphatic hydroxyl groups excluding tert-OH is 1. The third-order valence-corrected chi connectivity index (χ3v) is 4.78. The molecule has 0 bridgehead atoms. The van der Waals surface area contributed by atoms with E-state index >= 15 is 0 Å². The Kier molecular flexibility index (Phi) is 11.1. The summed E-state index contributed by atoms with van der Waals surface area (Å²) in [5.41, 5.74) is 12.2. The number of nitrogens with one attached hydrogen (secondary N) is 2. The smallest absolute Gasteiger partial charge is 0.245 e. The van der Waals surface area contributed by atoms with E-state index in [2.05, 4.69) is 10.6 Å². The van der Waals surface area contributed by atoms with Gasteiger partial charge in [0.05, 0.1) is 12.1 Å². The predicted molar refractivity (Wildman–Crippen MR) is 112 cm³/mol. The highest BCUT2D eigenvalue weighted by Crippen LogP contribution is 2.13. The summed E-state index contributed by atoms with van der Waals surface area (Å²) < 4.78 is 0. The van der Waals surface area contributed by atoms with E-state index in [4.69, 9.17) is 11.5 Å². The van der Waals surface area contributed by atoms with E-state index < -0.39 is 30.0 Å². The monoisotopic (exact) mass is 406 g/mol. The highest BCUT2D eigenvalue weighted by atomic mass is 16.3. The first-order valence-electron chi connectivity index (χ1n) is 10.1. The van der Waals surface area contributed by atoms with Gasteiger partial charge in [0.1, 0.15) is 6.04 Å². The molecule has 0 radical (unpaired) electrons. The van der Waals surface area contributed by atoms with Crippen molar-refractivity contribution in [3.05, 3.63) is 35.9 Å². The van der Waals surface area contributed by atoms with Gasteiger partial charge in [-0.3, -0.25) is 14.4 Å². The van der Waals surface area contributed by atoms with Crippen LogP contribution in [0, 0.1) is 5.92 Å². The molecule has 8 nitrogen and oxygen atoms in total. The van der Waals surface area contributed by atoms with Crippen LogP contribution in [-0.4, -0.2) is 54.0 Å². The molecule has 0 fully saturated rings. The molecule has 7 N–H and O–H groups in total. The Hall–Kier alpha value is -2.29. The number of hydrogen-bond donors (Lipinski definition) is 5. The molecule has 1 aromatic rings. The first kappa shape index (κ1) is 24.7. The van der Waals surface area contributed by atoms with E-state index in [1.807, 2.05) is 30.3 Å². The second-order valence-electron chi connectivity index (χ2n) is 7.15. The molecule has 0 aliphatic carbocycles. The minimum atomic E-state index is -1.18. The standard InChI is InChI=1S/C21H34N4O4/c1-3-18(27)17(10-12-23)24-21(29)19(14(2)26)25-20(28)16(9-11-22)13-15-7-5-4-6-8-15/h4-8,14,16-17,19,26H,3,9-13,22-23H2,1-2H3,(H,24,29)(H,25,28)/t14?,16?,17-,19-/m0/s1. The molecule has 0 saturated carbocycles. The van der Waals surface area contributed by atoms with Gasteiger partial charge in [-0.2, -0.15) is 0 Å². The van der Waals surface area contributed by atoms with Crippen molar-refractivity contribution >= 4 is 17.6 Å². The van der Waals surface area contributed by atoms with Crippen molar-refractivity contribution in [2.75, 3.05) is 13.1 Å². The number of carbonyl (C=O) groups excluding carboxylic acids is 3. The SMILES string of the molecule is CCC(=O)[C@H](CCN)NC(=O)[C@@H](NC(=O)C(CCN)Cc1ccccc1)C(C)O. The zero-order valence-electron chi connectivity index (χ0n) is 17.3. The summed E-state index contributed by atoms with van der Waals surface area (Å²) in [6, 6.07) is 7.60. The minimum Gasteiger partial charge on any atom is -0.391 e. The van der Waals surface area contributed by atoms with Crippen LogP contribution in [0.3, 0.4) is 0 Å². The van der Waals surface area contributed by atoms with Crippen LogP contribution in [0.1, 0.15) is 38.7 Å². The maximum absolute atomic E-state index is 12.8. The number of aliphatic hydroxyl groups is 1. The van der Waals surface area contributed by atoms with Crippen molar-refractivity contribution < 1.29 is 19.5 Å². The highest BCUT2D eigenvalue weighted by Gasteiger charge is 2.31. The van der Waals surface area contributed by atoms with Crippen LogP contribution in [0.5, 0.6) is 0 Å². The molecule has 4 atom stereocenters. The molecule has 162 valence electrons. The van der Waals surface area contributed by atoms with Gasteiger partial charge in [-0.1, -0.05) is 37.3 Å². The van der Waals surface area contributed by atoms with Crippen molar-refractivity contribution in [2.45, 2.75) is 57.7 Å². The van der Waals surface area contributed by atoms with Gasteiger partial charge >= 0.3 is 0 Å². The van der Waals surface area contributed by atoms with Crippen LogP contribution >= 0.6 is 0 Å². The van der Waals surface area contributed by atoms with Crippen LogP contribution in [0.2, 0.25) is 0 Å². The molecular formula is C21H34N4O4. The second-order valence-corrected chi connectivity index (χ2v) is 7.15. The van der Waals surface area contributed by atoms with Crippen LogP contribution in [0.15, 0.2) is 30.3 Å². The Bertz CT molecular complexity index is 651. The maximum Gasteiger partial charge on any atom is 0.245 e. The van der Waals surface area contributed by atoms with Crippen molar-refractivity contribution in [1.29, 1.82) is 0 Å². The summed E-state index contributed by atoms with van der Waals surface area (Å²) in [5, 5.41) is 15.3. The lowest BCUT2D eigenvalue weighted by atomic mass is 9.94. The largest absolute Gasteiger partial charge is 0.391 e. The maximum atomic E-state index is 12.8. The lowest BCUT2D eigenvalue weighted by Crippen LogP contribution is -2.57. The van der Waals surface area contributed by atoms with Gasteiger partial charge in [-0.05, 0) is 44.8 Å². The Morgan fingerprint density at radius 3 is 2.14 bits per heavy atom. The van der Waals surface area contributed by atoms with Crippen LogP contribution in [-0.2, 0) is 20.8 Å². The van der Waals surface area contributed by atoms with Gasteiger partial charge in [-0.25, -0.2) is 0 Å². The summed E-state index contributed by atoms with van der Waals surface area (Å²) >= 11 is 0. The Morgan fingerprint density at radius 1 is 1.00 bits per heavy atom. The Balaban J connectivity index is 2.86. The molecule has 0 aliphatic heterocycles. The summed E-state index contributed by atoms with van der Waals surface area (Å²) in [4.78, 5) is 37.5. The topological polar surface area (TPSA) is 148 Å². The van der Waals surface area contributed by atoms with Gasteiger partial charge in [0.25, 0.3) is 0 Å². The van der Waals surface area contributed by atoms with E-state index in [0.717, 1.165) is 5.56 Å². The second kappa shape index (κ2) is 13.0. The number of amides is 2. The fourth-order valence-electron chi connectivity index (χ4n) is 3.09. The van der Waals surface area contributed by atoms with Crippen molar-refractivity contribution in [2.24, 2.45) is 17.4 Å². The van der Waals surface area contributed by atoms with Gasteiger partial charge in [0.15, 0.2) is 5.78 Å². The fourth-order valence-corrected chi connectivity index (χ4v) is 3.09. The Labute approximate surface area is 172 Å². The van der Waals surface area contributed by atoms with Crippen molar-refractivity contribution in [1.82, 2.24) is 10.6 Å². The van der Waals surface area contributed by atoms with Crippen LogP contribution < -0.4 is 22.1 Å². The molecule has 1 aromatic carbocycles. The summed E-state index contributed by atoms with van der Waals surface area (Å²) in [5.74, 6) is -1.56. The zero-order valence-corrected chi connectivity index (χ0v) is 17.3. The van der Waals surface area contributed by atoms with E-state index in [1.54, 1.807) is 6.92 Å². The number of benzene rings is 1. The lowest BCUT2D eigenvalue weighted by Gasteiger charge is -2.26. The first-order valence-corrected chi connectivity index (χ1v) is 10.1. The van der Waals surface area contributed by atoms with Crippen LogP contribution in [0.4, 0.5) is 0 Å². The van der Waals surface area contributed by atoms with E-state index in [9.17, 15) is 19.5 Å². The van der Waals surface area contributed by atoms with Gasteiger partial charge in [0, 0.05) is 12.3 Å². The van der Waals surface area contributed by atoms with Crippen molar-refractivity contribution in [3.8, 4) is 0 Å². The molecule has 0 aromatic heterocycles. The number of Topliss-reactive ketones (excluding diaryl/α,β-unsaturated/α-hetero) is 1. The summed E-state index contributed by atoms with van der Waals surface area (Å²) in [7, 11) is 0. The number of carbonyl (C=O) groups is 3. The highest BCUT2D eigenvalue weighted by molar-refractivity contribution is 5.93. The summed E-state index contributed by atoms with van der Waals surface area (Å²) in [6.45, 7) is 3.67. The molecule has 0 saturated heterocycles. The first-order chi connectivity index (χ1) is 13.8.